The van der Waals surface area contributed by atoms with Gasteiger partial charge in [-0.05, 0) is 31.2 Å². The summed E-state index contributed by atoms with van der Waals surface area (Å²) in [7, 11) is 0. The number of nitrogens with zero attached hydrogens (tertiary/aromatic N) is 1. The summed E-state index contributed by atoms with van der Waals surface area (Å²) in [5, 5.41) is 11.2. The predicted octanol–water partition coefficient (Wildman–Crippen LogP) is 4.60. The normalized spacial score (nSPS) is 23.1. The number of hydrogen-bond acceptors (Lipinski definition) is 3. The lowest BCUT2D eigenvalue weighted by Crippen LogP contribution is -2.25. The highest BCUT2D eigenvalue weighted by molar-refractivity contribution is 6.32. The second kappa shape index (κ2) is 6.24. The van der Waals surface area contributed by atoms with E-state index < -0.39 is 4.92 Å². The summed E-state index contributed by atoms with van der Waals surface area (Å²) in [5.74, 6) is 1.12. The Morgan fingerprint density at radius 2 is 2.26 bits per heavy atom. The van der Waals surface area contributed by atoms with Gasteiger partial charge in [0.15, 0.2) is 0 Å². The minimum atomic E-state index is -0.432. The molecule has 0 saturated heterocycles. The number of nitro benzene ring substituents is 1. The van der Waals surface area contributed by atoms with Gasteiger partial charge in [0.25, 0.3) is 5.69 Å². The molecule has 0 heterocycles. The number of halogens is 1. The molecule has 1 saturated carbocycles. The van der Waals surface area contributed by atoms with Crippen LogP contribution in [0.1, 0.15) is 39.0 Å². The number of rotatable bonds is 4. The molecule has 2 unspecified atom stereocenters. The van der Waals surface area contributed by atoms with Crippen LogP contribution in [0.3, 0.4) is 0 Å². The molecule has 0 bridgehead atoms. The first-order valence-corrected chi connectivity index (χ1v) is 7.08. The van der Waals surface area contributed by atoms with Gasteiger partial charge in [-0.3, -0.25) is 10.1 Å². The molecule has 0 aromatic heterocycles. The Morgan fingerprint density at radius 3 is 2.95 bits per heavy atom. The van der Waals surface area contributed by atoms with Crippen molar-refractivity contribution < 1.29 is 9.66 Å². The van der Waals surface area contributed by atoms with Crippen molar-refractivity contribution >= 4 is 17.3 Å². The van der Waals surface area contributed by atoms with Crippen LogP contribution < -0.4 is 4.74 Å². The number of ether oxygens (including phenoxy) is 1. The molecule has 104 valence electrons. The van der Waals surface area contributed by atoms with E-state index in [0.29, 0.717) is 16.7 Å². The molecule has 4 nitrogen and oxygen atoms in total. The second-order valence-corrected chi connectivity index (χ2v) is 5.46. The van der Waals surface area contributed by atoms with E-state index >= 15 is 0 Å². The topological polar surface area (TPSA) is 52.4 Å². The van der Waals surface area contributed by atoms with E-state index in [4.69, 9.17) is 16.3 Å². The van der Waals surface area contributed by atoms with E-state index in [0.717, 1.165) is 25.7 Å². The summed E-state index contributed by atoms with van der Waals surface area (Å²) < 4.78 is 5.87. The number of hydrogen-bond donors (Lipinski definition) is 0. The third-order valence-corrected chi connectivity index (χ3v) is 4.04. The van der Waals surface area contributed by atoms with Crippen molar-refractivity contribution in [2.24, 2.45) is 5.92 Å². The third kappa shape index (κ3) is 3.60. The van der Waals surface area contributed by atoms with Crippen LogP contribution in [0.25, 0.3) is 0 Å². The molecule has 19 heavy (non-hydrogen) atoms. The molecular formula is C14H18ClNO3. The summed E-state index contributed by atoms with van der Waals surface area (Å²) in [6.07, 6.45) is 5.68. The number of nitro groups is 1. The van der Waals surface area contributed by atoms with Gasteiger partial charge in [0.2, 0.25) is 0 Å². The zero-order valence-corrected chi connectivity index (χ0v) is 11.7. The molecule has 5 heteroatoms. The van der Waals surface area contributed by atoms with Crippen molar-refractivity contribution in [2.75, 3.05) is 0 Å². The fourth-order valence-electron chi connectivity index (χ4n) is 2.59. The average molecular weight is 284 g/mol. The summed E-state index contributed by atoms with van der Waals surface area (Å²) >= 11 is 6.04. The summed E-state index contributed by atoms with van der Waals surface area (Å²) in [6.45, 7) is 2.19. The maximum Gasteiger partial charge on any atom is 0.273 e. The molecular weight excluding hydrogens is 266 g/mol. The third-order valence-electron chi connectivity index (χ3n) is 3.73. The van der Waals surface area contributed by atoms with Crippen LogP contribution in [-0.2, 0) is 0 Å². The van der Waals surface area contributed by atoms with Crippen molar-refractivity contribution in [3.8, 4) is 5.75 Å². The van der Waals surface area contributed by atoms with Crippen molar-refractivity contribution in [2.45, 2.75) is 45.1 Å². The van der Waals surface area contributed by atoms with Crippen molar-refractivity contribution in [1.82, 2.24) is 0 Å². The van der Waals surface area contributed by atoms with Crippen molar-refractivity contribution in [3.63, 3.8) is 0 Å². The Bertz CT molecular complexity index is 464. The highest BCUT2D eigenvalue weighted by atomic mass is 35.5. The van der Waals surface area contributed by atoms with E-state index in [-0.39, 0.29) is 11.8 Å². The first kappa shape index (κ1) is 14.1. The Kier molecular flexibility index (Phi) is 4.64. The van der Waals surface area contributed by atoms with Crippen molar-refractivity contribution in [1.29, 1.82) is 0 Å². The highest BCUT2D eigenvalue weighted by Crippen LogP contribution is 2.34. The standard InChI is InChI=1S/C14H18ClNO3/c1-2-10-4-3-5-12(8-10)19-14-9-11(16(17)18)6-7-13(14)15/h6-7,9-10,12H,2-5,8H2,1H3. The van der Waals surface area contributed by atoms with Crippen LogP contribution in [-0.4, -0.2) is 11.0 Å². The van der Waals surface area contributed by atoms with Gasteiger partial charge >= 0.3 is 0 Å². The van der Waals surface area contributed by atoms with Gasteiger partial charge in [-0.2, -0.15) is 0 Å². The molecule has 2 atom stereocenters. The summed E-state index contributed by atoms with van der Waals surface area (Å²) in [4.78, 5) is 10.3. The van der Waals surface area contributed by atoms with Gasteiger partial charge in [-0.15, -0.1) is 0 Å². The van der Waals surface area contributed by atoms with Gasteiger partial charge in [-0.25, -0.2) is 0 Å². The van der Waals surface area contributed by atoms with E-state index in [2.05, 4.69) is 6.92 Å². The first-order valence-electron chi connectivity index (χ1n) is 6.70. The maximum atomic E-state index is 10.8. The van der Waals surface area contributed by atoms with Gasteiger partial charge < -0.3 is 4.74 Å². The molecule has 0 N–H and O–H groups in total. The quantitative estimate of drug-likeness (QED) is 0.599. The number of benzene rings is 1. The lowest BCUT2D eigenvalue weighted by atomic mass is 9.85. The number of non-ortho nitro benzene ring substituents is 1. The van der Waals surface area contributed by atoms with E-state index in [9.17, 15) is 10.1 Å². The smallest absolute Gasteiger partial charge is 0.273 e. The largest absolute Gasteiger partial charge is 0.489 e. The monoisotopic (exact) mass is 283 g/mol. The fraction of sp³-hybridized carbons (Fsp3) is 0.571. The molecule has 0 amide bonds. The zero-order valence-electron chi connectivity index (χ0n) is 11.0. The van der Waals surface area contributed by atoms with E-state index in [1.807, 2.05) is 0 Å². The van der Waals surface area contributed by atoms with Crippen molar-refractivity contribution in [3.05, 3.63) is 33.3 Å². The Balaban J connectivity index is 2.09. The van der Waals surface area contributed by atoms with E-state index in [1.165, 1.54) is 24.6 Å². The summed E-state index contributed by atoms with van der Waals surface area (Å²) in [6, 6.07) is 4.33. The molecule has 1 aromatic rings. The molecule has 1 aliphatic carbocycles. The average Bonchev–Trinajstić information content (AvgIpc) is 2.41. The van der Waals surface area contributed by atoms with Gasteiger partial charge in [0.1, 0.15) is 5.75 Å². The van der Waals surface area contributed by atoms with Crippen LogP contribution in [0.4, 0.5) is 5.69 Å². The van der Waals surface area contributed by atoms with Crippen LogP contribution in [0.15, 0.2) is 18.2 Å². The molecule has 0 aliphatic heterocycles. The zero-order chi connectivity index (χ0) is 13.8. The van der Waals surface area contributed by atoms with Crippen LogP contribution >= 0.6 is 11.6 Å². The highest BCUT2D eigenvalue weighted by Gasteiger charge is 2.23. The van der Waals surface area contributed by atoms with Gasteiger partial charge in [0, 0.05) is 6.07 Å². The predicted molar refractivity (Wildman–Crippen MR) is 74.8 cm³/mol. The molecule has 1 aromatic carbocycles. The maximum absolute atomic E-state index is 10.8. The molecule has 0 spiro atoms. The SMILES string of the molecule is CCC1CCCC(Oc2cc([N+](=O)[O-])ccc2Cl)C1. The lowest BCUT2D eigenvalue weighted by molar-refractivity contribution is -0.384. The lowest BCUT2D eigenvalue weighted by Gasteiger charge is -2.29. The fourth-order valence-corrected chi connectivity index (χ4v) is 2.76. The minimum Gasteiger partial charge on any atom is -0.489 e. The molecule has 2 rings (SSSR count). The van der Waals surface area contributed by atoms with E-state index in [1.54, 1.807) is 0 Å². The van der Waals surface area contributed by atoms with Gasteiger partial charge in [0.05, 0.1) is 22.1 Å². The first-order chi connectivity index (χ1) is 9.10. The Morgan fingerprint density at radius 1 is 1.47 bits per heavy atom. The Labute approximate surface area is 117 Å². The Hall–Kier alpha value is -1.29. The molecule has 0 radical (unpaired) electrons. The van der Waals surface area contributed by atoms with Crippen LogP contribution in [0.2, 0.25) is 5.02 Å². The summed E-state index contributed by atoms with van der Waals surface area (Å²) in [5.41, 5.74) is 0.0160. The molecule has 1 aliphatic rings. The minimum absolute atomic E-state index is 0.0160. The van der Waals surface area contributed by atoms with Crippen LogP contribution in [0, 0.1) is 16.0 Å². The van der Waals surface area contributed by atoms with Gasteiger partial charge in [-0.1, -0.05) is 31.4 Å². The second-order valence-electron chi connectivity index (χ2n) is 5.05. The van der Waals surface area contributed by atoms with Crippen LogP contribution in [0.5, 0.6) is 5.75 Å². The molecule has 1 fully saturated rings.